The van der Waals surface area contributed by atoms with Crippen molar-refractivity contribution in [1.82, 2.24) is 5.32 Å². The average Bonchev–Trinajstić information content (AvgIpc) is 3.01. The minimum atomic E-state index is -0.786. The van der Waals surface area contributed by atoms with Crippen molar-refractivity contribution in [2.45, 2.75) is 64.8 Å². The van der Waals surface area contributed by atoms with Gasteiger partial charge in [-0.1, -0.05) is 81.3 Å². The Morgan fingerprint density at radius 2 is 1.74 bits per heavy atom. The van der Waals surface area contributed by atoms with Gasteiger partial charge in [-0.15, -0.1) is 0 Å². The topological polar surface area (TPSA) is 125 Å². The molecule has 9 heteroatoms. The smallest absolute Gasteiger partial charge is 0.338 e. The minimum absolute atomic E-state index is 0.0707. The molecule has 42 heavy (non-hydrogen) atoms. The molecular formula is C33H38N2O7. The summed E-state index contributed by atoms with van der Waals surface area (Å²) in [6.07, 6.45) is 3.19. The number of esters is 2. The number of unbranched alkanes of at least 4 members (excludes halogenated alkanes) is 1. The van der Waals surface area contributed by atoms with Gasteiger partial charge in [0.25, 0.3) is 5.69 Å². The zero-order valence-electron chi connectivity index (χ0n) is 24.4. The normalized spacial score (nSPS) is 11.4. The number of nitro benzene ring substituents is 1. The predicted octanol–water partition coefficient (Wildman–Crippen LogP) is 6.52. The van der Waals surface area contributed by atoms with Gasteiger partial charge in [0.2, 0.25) is 5.91 Å². The maximum Gasteiger partial charge on any atom is 0.338 e. The third-order valence-electron chi connectivity index (χ3n) is 7.02. The number of methoxy groups -OCH3 is 1. The quantitative estimate of drug-likeness (QED) is 0.124. The number of nitrogens with one attached hydrogen (secondary N) is 1. The van der Waals surface area contributed by atoms with Crippen molar-refractivity contribution < 1.29 is 28.8 Å². The molecule has 3 rings (SSSR count). The Morgan fingerprint density at radius 1 is 0.976 bits per heavy atom. The molecule has 3 aromatic rings. The number of carbonyl (C=O) groups excluding carboxylic acids is 3. The SMILES string of the molecule is CCCCC(=O)OCCc1cccc([N+](=O)[O-])c1C(CCC)C(=O)NCc1ccc(-c2ccccc2)c(C(=O)OC)c1. The van der Waals surface area contributed by atoms with Gasteiger partial charge in [-0.25, -0.2) is 4.79 Å². The lowest BCUT2D eigenvalue weighted by Crippen LogP contribution is -2.30. The first-order valence-electron chi connectivity index (χ1n) is 14.3. The van der Waals surface area contributed by atoms with Gasteiger partial charge in [0.1, 0.15) is 0 Å². The van der Waals surface area contributed by atoms with Gasteiger partial charge >= 0.3 is 11.9 Å². The van der Waals surface area contributed by atoms with E-state index in [0.717, 1.165) is 18.4 Å². The van der Waals surface area contributed by atoms with Crippen LogP contribution in [0.25, 0.3) is 11.1 Å². The summed E-state index contributed by atoms with van der Waals surface area (Å²) in [7, 11) is 1.32. The van der Waals surface area contributed by atoms with E-state index in [2.05, 4.69) is 5.32 Å². The van der Waals surface area contributed by atoms with Crippen molar-refractivity contribution in [3.05, 3.63) is 99.1 Å². The fraction of sp³-hybridized carbons (Fsp3) is 0.364. The van der Waals surface area contributed by atoms with E-state index < -0.39 is 16.8 Å². The number of benzene rings is 3. The predicted molar refractivity (Wildman–Crippen MR) is 160 cm³/mol. The van der Waals surface area contributed by atoms with Gasteiger partial charge in [-0.05, 0) is 41.2 Å². The lowest BCUT2D eigenvalue weighted by Gasteiger charge is -2.20. The van der Waals surface area contributed by atoms with Gasteiger partial charge in [-0.3, -0.25) is 19.7 Å². The van der Waals surface area contributed by atoms with Crippen LogP contribution in [0.1, 0.15) is 78.9 Å². The fourth-order valence-corrected chi connectivity index (χ4v) is 4.90. The van der Waals surface area contributed by atoms with Crippen molar-refractivity contribution in [2.75, 3.05) is 13.7 Å². The van der Waals surface area contributed by atoms with Crippen LogP contribution >= 0.6 is 0 Å². The van der Waals surface area contributed by atoms with Gasteiger partial charge in [-0.2, -0.15) is 0 Å². The molecule has 1 atom stereocenters. The highest BCUT2D eigenvalue weighted by Crippen LogP contribution is 2.34. The Hall–Kier alpha value is -4.53. The summed E-state index contributed by atoms with van der Waals surface area (Å²) in [4.78, 5) is 49.7. The summed E-state index contributed by atoms with van der Waals surface area (Å²) in [6, 6.07) is 19.5. The van der Waals surface area contributed by atoms with E-state index in [9.17, 15) is 24.5 Å². The highest BCUT2D eigenvalue weighted by molar-refractivity contribution is 5.97. The van der Waals surface area contributed by atoms with Crippen LogP contribution in [0.4, 0.5) is 5.69 Å². The third kappa shape index (κ3) is 8.49. The van der Waals surface area contributed by atoms with E-state index in [-0.39, 0.29) is 37.1 Å². The first-order chi connectivity index (χ1) is 20.3. The second-order valence-electron chi connectivity index (χ2n) is 9.98. The molecule has 0 aliphatic carbocycles. The molecule has 1 amide bonds. The molecule has 0 fully saturated rings. The van der Waals surface area contributed by atoms with Gasteiger partial charge < -0.3 is 14.8 Å². The molecule has 1 unspecified atom stereocenters. The van der Waals surface area contributed by atoms with Crippen LogP contribution < -0.4 is 5.32 Å². The molecule has 0 radical (unpaired) electrons. The second kappa shape index (κ2) is 16.0. The number of amides is 1. The first kappa shape index (κ1) is 32.0. The van der Waals surface area contributed by atoms with Crippen molar-refractivity contribution >= 4 is 23.5 Å². The van der Waals surface area contributed by atoms with Crippen LogP contribution in [0.3, 0.4) is 0 Å². The lowest BCUT2D eigenvalue weighted by atomic mass is 9.87. The number of nitro groups is 1. The largest absolute Gasteiger partial charge is 0.465 e. The van der Waals surface area contributed by atoms with Crippen molar-refractivity contribution in [1.29, 1.82) is 0 Å². The second-order valence-corrected chi connectivity index (χ2v) is 9.98. The molecule has 0 bridgehead atoms. The third-order valence-corrected chi connectivity index (χ3v) is 7.02. The Morgan fingerprint density at radius 3 is 2.40 bits per heavy atom. The number of nitrogens with zero attached hydrogens (tertiary/aromatic N) is 1. The lowest BCUT2D eigenvalue weighted by molar-refractivity contribution is -0.385. The van der Waals surface area contributed by atoms with E-state index in [1.54, 1.807) is 18.2 Å². The number of rotatable bonds is 15. The van der Waals surface area contributed by atoms with Crippen LogP contribution in [0, 0.1) is 10.1 Å². The summed E-state index contributed by atoms with van der Waals surface area (Å²) < 4.78 is 10.3. The molecule has 222 valence electrons. The number of ether oxygens (including phenoxy) is 2. The Labute approximate surface area is 246 Å². The van der Waals surface area contributed by atoms with Gasteiger partial charge in [0.05, 0.1) is 30.1 Å². The molecule has 0 aromatic heterocycles. The van der Waals surface area contributed by atoms with E-state index in [1.807, 2.05) is 56.3 Å². The van der Waals surface area contributed by atoms with E-state index in [1.165, 1.54) is 13.2 Å². The summed E-state index contributed by atoms with van der Waals surface area (Å²) in [5, 5.41) is 14.9. The Kier molecular flexibility index (Phi) is 12.2. The summed E-state index contributed by atoms with van der Waals surface area (Å²) >= 11 is 0. The zero-order valence-corrected chi connectivity index (χ0v) is 24.4. The van der Waals surface area contributed by atoms with E-state index in [4.69, 9.17) is 9.47 Å². The molecule has 0 saturated carbocycles. The Bertz CT molecular complexity index is 1390. The molecule has 0 saturated heterocycles. The van der Waals surface area contributed by atoms with Crippen LogP contribution in [0.15, 0.2) is 66.7 Å². The van der Waals surface area contributed by atoms with Crippen molar-refractivity contribution in [3.63, 3.8) is 0 Å². The molecule has 0 aliphatic rings. The summed E-state index contributed by atoms with van der Waals surface area (Å²) in [6.45, 7) is 4.08. The molecular weight excluding hydrogens is 536 g/mol. The first-order valence-corrected chi connectivity index (χ1v) is 14.3. The highest BCUT2D eigenvalue weighted by Gasteiger charge is 2.30. The van der Waals surface area contributed by atoms with Crippen molar-refractivity contribution in [2.24, 2.45) is 0 Å². The Balaban J connectivity index is 1.85. The average molecular weight is 575 g/mol. The molecule has 1 N–H and O–H groups in total. The van der Waals surface area contributed by atoms with E-state index >= 15 is 0 Å². The maximum atomic E-state index is 13.6. The molecule has 0 aliphatic heterocycles. The summed E-state index contributed by atoms with van der Waals surface area (Å²) in [5.41, 5.74) is 3.41. The molecule has 0 spiro atoms. The fourth-order valence-electron chi connectivity index (χ4n) is 4.90. The van der Waals surface area contributed by atoms with Crippen LogP contribution in [0.5, 0.6) is 0 Å². The number of hydrogen-bond donors (Lipinski definition) is 1. The van der Waals surface area contributed by atoms with Crippen LogP contribution in [-0.2, 0) is 32.0 Å². The van der Waals surface area contributed by atoms with E-state index in [0.29, 0.717) is 47.1 Å². The van der Waals surface area contributed by atoms with Crippen molar-refractivity contribution in [3.8, 4) is 11.1 Å². The van der Waals surface area contributed by atoms with Gasteiger partial charge in [0.15, 0.2) is 0 Å². The monoisotopic (exact) mass is 574 g/mol. The van der Waals surface area contributed by atoms with Crippen LogP contribution in [-0.4, -0.2) is 36.5 Å². The standard InChI is InChI=1S/C33H38N2O7/c1-4-6-16-30(36)42-20-19-25-14-10-15-29(35(39)40)31(25)27(11-5-2)32(37)34-22-23-17-18-26(24-12-8-7-9-13-24)28(21-23)33(38)41-3/h7-10,12-15,17-18,21,27H,4-6,11,16,19-20,22H2,1-3H3,(H,34,37). The summed E-state index contributed by atoms with van der Waals surface area (Å²) in [5.74, 6) is -1.95. The number of hydrogen-bond acceptors (Lipinski definition) is 7. The molecule has 3 aromatic carbocycles. The number of carbonyl (C=O) groups is 3. The highest BCUT2D eigenvalue weighted by atomic mass is 16.6. The van der Waals surface area contributed by atoms with Gasteiger partial charge in [0, 0.05) is 31.0 Å². The molecule has 9 nitrogen and oxygen atoms in total. The zero-order chi connectivity index (χ0) is 30.5. The maximum absolute atomic E-state index is 13.6. The minimum Gasteiger partial charge on any atom is -0.465 e. The molecule has 0 heterocycles. The van der Waals surface area contributed by atoms with Crippen LogP contribution in [0.2, 0.25) is 0 Å².